The maximum absolute atomic E-state index is 12.5. The molecule has 0 saturated heterocycles. The molecule has 0 radical (unpaired) electrons. The van der Waals surface area contributed by atoms with E-state index in [4.69, 9.17) is 11.6 Å². The van der Waals surface area contributed by atoms with Gasteiger partial charge in [0.25, 0.3) is 0 Å². The standard InChI is InChI=1S/C18H15ClO5/c19-13-8-6-12(7-9-13)15(20)10-14(11-4-2-1-3-5-11)16(17(21)22)18(23)24/h1-9,14,16H,10H2,(H,21,22)(H,23,24)/t14-/m0/s1. The van der Waals surface area contributed by atoms with Crippen molar-refractivity contribution >= 4 is 29.3 Å². The van der Waals surface area contributed by atoms with Crippen molar-refractivity contribution in [2.75, 3.05) is 0 Å². The molecule has 0 aliphatic rings. The molecule has 124 valence electrons. The van der Waals surface area contributed by atoms with Crippen molar-refractivity contribution in [3.63, 3.8) is 0 Å². The third kappa shape index (κ3) is 4.20. The van der Waals surface area contributed by atoms with Crippen molar-refractivity contribution in [1.82, 2.24) is 0 Å². The van der Waals surface area contributed by atoms with Crippen LogP contribution in [0.1, 0.15) is 28.3 Å². The second kappa shape index (κ2) is 7.75. The summed E-state index contributed by atoms with van der Waals surface area (Å²) in [6.07, 6.45) is -0.227. The summed E-state index contributed by atoms with van der Waals surface area (Å²) in [5.41, 5.74) is 0.851. The molecule has 2 aromatic carbocycles. The van der Waals surface area contributed by atoms with Crippen molar-refractivity contribution in [2.24, 2.45) is 5.92 Å². The predicted octanol–water partition coefficient (Wildman–Crippen LogP) is 3.48. The van der Waals surface area contributed by atoms with Gasteiger partial charge < -0.3 is 10.2 Å². The summed E-state index contributed by atoms with van der Waals surface area (Å²) in [5, 5.41) is 19.0. The fraction of sp³-hybridized carbons (Fsp3) is 0.167. The molecule has 1 atom stereocenters. The number of halogens is 1. The number of carboxylic acid groups (broad SMARTS) is 2. The van der Waals surface area contributed by atoms with E-state index < -0.39 is 23.8 Å². The number of carboxylic acids is 2. The highest BCUT2D eigenvalue weighted by atomic mass is 35.5. The third-order valence-electron chi connectivity index (χ3n) is 3.73. The number of ketones is 1. The molecule has 0 heterocycles. The van der Waals surface area contributed by atoms with E-state index in [-0.39, 0.29) is 12.2 Å². The van der Waals surface area contributed by atoms with Crippen LogP contribution in [-0.2, 0) is 9.59 Å². The molecule has 0 bridgehead atoms. The highest BCUT2D eigenvalue weighted by molar-refractivity contribution is 6.30. The van der Waals surface area contributed by atoms with E-state index in [0.29, 0.717) is 16.1 Å². The molecule has 5 nitrogen and oxygen atoms in total. The lowest BCUT2D eigenvalue weighted by Crippen LogP contribution is -2.31. The van der Waals surface area contributed by atoms with Crippen LogP contribution in [0.2, 0.25) is 5.02 Å². The Morgan fingerprint density at radius 1 is 0.875 bits per heavy atom. The van der Waals surface area contributed by atoms with E-state index >= 15 is 0 Å². The van der Waals surface area contributed by atoms with Crippen LogP contribution >= 0.6 is 11.6 Å². The van der Waals surface area contributed by atoms with Crippen LogP contribution in [0, 0.1) is 5.92 Å². The topological polar surface area (TPSA) is 91.7 Å². The number of hydrogen-bond acceptors (Lipinski definition) is 3. The Kier molecular flexibility index (Phi) is 5.71. The first-order valence-corrected chi connectivity index (χ1v) is 7.57. The summed E-state index contributed by atoms with van der Waals surface area (Å²) >= 11 is 5.78. The molecule has 0 fully saturated rings. The normalized spacial score (nSPS) is 11.9. The van der Waals surface area contributed by atoms with Gasteiger partial charge in [0, 0.05) is 22.9 Å². The van der Waals surface area contributed by atoms with Crippen LogP contribution in [0.4, 0.5) is 0 Å². The second-order valence-electron chi connectivity index (χ2n) is 5.31. The van der Waals surface area contributed by atoms with Crippen molar-refractivity contribution in [1.29, 1.82) is 0 Å². The lowest BCUT2D eigenvalue weighted by atomic mass is 9.81. The molecule has 0 aromatic heterocycles. The Balaban J connectivity index is 2.35. The zero-order valence-electron chi connectivity index (χ0n) is 12.6. The molecule has 0 aliphatic heterocycles. The quantitative estimate of drug-likeness (QED) is 0.591. The number of benzene rings is 2. The van der Waals surface area contributed by atoms with Gasteiger partial charge in [-0.25, -0.2) is 0 Å². The number of carbonyl (C=O) groups is 3. The van der Waals surface area contributed by atoms with Crippen LogP contribution in [0.5, 0.6) is 0 Å². The monoisotopic (exact) mass is 346 g/mol. The van der Waals surface area contributed by atoms with Gasteiger partial charge in [-0.3, -0.25) is 14.4 Å². The SMILES string of the molecule is O=C(C[C@@H](c1ccccc1)C(C(=O)O)C(=O)O)c1ccc(Cl)cc1. The van der Waals surface area contributed by atoms with Gasteiger partial charge in [-0.15, -0.1) is 0 Å². The van der Waals surface area contributed by atoms with E-state index in [1.807, 2.05) is 0 Å². The van der Waals surface area contributed by atoms with Crippen molar-refractivity contribution in [3.05, 3.63) is 70.7 Å². The van der Waals surface area contributed by atoms with Crippen LogP contribution in [0.25, 0.3) is 0 Å². The molecule has 6 heteroatoms. The number of Topliss-reactive ketones (excluding diaryl/α,β-unsaturated/α-hetero) is 1. The summed E-state index contributed by atoms with van der Waals surface area (Å²) in [4.78, 5) is 35.3. The highest BCUT2D eigenvalue weighted by Crippen LogP contribution is 2.30. The Morgan fingerprint density at radius 3 is 1.92 bits per heavy atom. The Labute approximate surface area is 143 Å². The van der Waals surface area contributed by atoms with E-state index in [2.05, 4.69) is 0 Å². The molecule has 2 rings (SSSR count). The molecule has 2 N–H and O–H groups in total. The van der Waals surface area contributed by atoms with Crippen LogP contribution in [0.3, 0.4) is 0 Å². The maximum Gasteiger partial charge on any atom is 0.318 e. The molecule has 0 saturated carbocycles. The average Bonchev–Trinajstić information content (AvgIpc) is 2.55. The summed E-state index contributed by atoms with van der Waals surface area (Å²) in [7, 11) is 0. The molecule has 0 spiro atoms. The minimum absolute atomic E-state index is 0.227. The van der Waals surface area contributed by atoms with E-state index in [0.717, 1.165) is 0 Å². The van der Waals surface area contributed by atoms with Crippen molar-refractivity contribution in [3.8, 4) is 0 Å². The van der Waals surface area contributed by atoms with Crippen molar-refractivity contribution in [2.45, 2.75) is 12.3 Å². The Bertz CT molecular complexity index is 726. The lowest BCUT2D eigenvalue weighted by molar-refractivity contribution is -0.155. The van der Waals surface area contributed by atoms with Gasteiger partial charge in [0.2, 0.25) is 0 Å². The Hall–Kier alpha value is -2.66. The lowest BCUT2D eigenvalue weighted by Gasteiger charge is -2.21. The van der Waals surface area contributed by atoms with E-state index in [9.17, 15) is 24.6 Å². The van der Waals surface area contributed by atoms with E-state index in [1.165, 1.54) is 12.1 Å². The first-order valence-electron chi connectivity index (χ1n) is 7.19. The summed E-state index contributed by atoms with van der Waals surface area (Å²) < 4.78 is 0. The highest BCUT2D eigenvalue weighted by Gasteiger charge is 2.37. The van der Waals surface area contributed by atoms with Crippen LogP contribution in [-0.4, -0.2) is 27.9 Å². The van der Waals surface area contributed by atoms with Gasteiger partial charge in [0.05, 0.1) is 0 Å². The number of carbonyl (C=O) groups excluding carboxylic acids is 1. The molecule has 0 unspecified atom stereocenters. The van der Waals surface area contributed by atoms with Gasteiger partial charge in [-0.2, -0.15) is 0 Å². The molecule has 2 aromatic rings. The van der Waals surface area contributed by atoms with Gasteiger partial charge >= 0.3 is 11.9 Å². The van der Waals surface area contributed by atoms with Crippen LogP contribution < -0.4 is 0 Å². The van der Waals surface area contributed by atoms with Crippen LogP contribution in [0.15, 0.2) is 54.6 Å². The molecular weight excluding hydrogens is 332 g/mol. The van der Waals surface area contributed by atoms with Gasteiger partial charge in [-0.1, -0.05) is 41.9 Å². The maximum atomic E-state index is 12.5. The minimum atomic E-state index is -1.70. The summed E-state index contributed by atoms with van der Waals surface area (Å²) in [6.45, 7) is 0. The first-order chi connectivity index (χ1) is 11.4. The average molecular weight is 347 g/mol. The summed E-state index contributed by atoms with van der Waals surface area (Å²) in [5.74, 6) is -5.96. The number of rotatable bonds is 7. The minimum Gasteiger partial charge on any atom is -0.481 e. The zero-order chi connectivity index (χ0) is 17.7. The van der Waals surface area contributed by atoms with Gasteiger partial charge in [0.1, 0.15) is 0 Å². The van der Waals surface area contributed by atoms with Gasteiger partial charge in [0.15, 0.2) is 11.7 Å². The molecular formula is C18H15ClO5. The largest absolute Gasteiger partial charge is 0.481 e. The number of aliphatic carboxylic acids is 2. The summed E-state index contributed by atoms with van der Waals surface area (Å²) in [6, 6.07) is 14.5. The third-order valence-corrected chi connectivity index (χ3v) is 3.99. The smallest absolute Gasteiger partial charge is 0.318 e. The van der Waals surface area contributed by atoms with E-state index in [1.54, 1.807) is 42.5 Å². The predicted molar refractivity (Wildman–Crippen MR) is 88.3 cm³/mol. The number of hydrogen-bond donors (Lipinski definition) is 2. The zero-order valence-corrected chi connectivity index (χ0v) is 13.3. The fourth-order valence-corrected chi connectivity index (χ4v) is 2.66. The molecule has 0 amide bonds. The first kappa shape index (κ1) is 17.7. The van der Waals surface area contributed by atoms with Crippen molar-refractivity contribution < 1.29 is 24.6 Å². The fourth-order valence-electron chi connectivity index (χ4n) is 2.53. The molecule has 0 aliphatic carbocycles. The second-order valence-corrected chi connectivity index (χ2v) is 5.74. The Morgan fingerprint density at radius 2 is 1.42 bits per heavy atom. The van der Waals surface area contributed by atoms with Gasteiger partial charge in [-0.05, 0) is 29.8 Å². The molecule has 24 heavy (non-hydrogen) atoms.